The van der Waals surface area contributed by atoms with Crippen LogP contribution in [0.4, 0.5) is 10.1 Å². The summed E-state index contributed by atoms with van der Waals surface area (Å²) in [4.78, 5) is 4.63. The van der Waals surface area contributed by atoms with Gasteiger partial charge in [-0.25, -0.2) is 9.37 Å². The average molecular weight is 373 g/mol. The number of hydrogen-bond donors (Lipinski definition) is 3. The minimum atomic E-state index is -0.956. The van der Waals surface area contributed by atoms with Crippen LogP contribution in [-0.2, 0) is 10.3 Å². The van der Waals surface area contributed by atoms with Crippen LogP contribution in [0.25, 0.3) is 22.4 Å². The molecule has 0 unspecified atom stereocenters. The van der Waals surface area contributed by atoms with E-state index in [0.717, 1.165) is 11.2 Å². The summed E-state index contributed by atoms with van der Waals surface area (Å²) in [5.41, 5.74) is 2.01. The first-order valence-electron chi connectivity index (χ1n) is 8.47. The second kappa shape index (κ2) is 6.02. The molecule has 4 rings (SSSR count). The number of nitrogens with one attached hydrogen (secondary N) is 1. The van der Waals surface area contributed by atoms with E-state index in [2.05, 4.69) is 10.3 Å². The summed E-state index contributed by atoms with van der Waals surface area (Å²) in [6.07, 6.45) is 0. The minimum absolute atomic E-state index is 0.0339. The molecule has 1 aliphatic rings. The van der Waals surface area contributed by atoms with E-state index in [4.69, 9.17) is 9.47 Å². The van der Waals surface area contributed by atoms with E-state index in [-0.39, 0.29) is 11.3 Å². The van der Waals surface area contributed by atoms with E-state index < -0.39 is 22.9 Å². The zero-order valence-electron chi connectivity index (χ0n) is 15.2. The molecule has 2 heterocycles. The van der Waals surface area contributed by atoms with Gasteiger partial charge in [-0.05, 0) is 31.2 Å². The lowest BCUT2D eigenvalue weighted by atomic mass is 9.98. The number of phenols is 2. The number of nitrogens with zero attached hydrogens (tertiary/aromatic N) is 2. The second-order valence-electron chi connectivity index (χ2n) is 6.85. The van der Waals surface area contributed by atoms with Crippen LogP contribution >= 0.6 is 0 Å². The number of halogens is 1. The standard InChI is InChI=1S/C19H20FN3O4/c1-19(8-27-9-19)23-13-5-4-10(21-2)6-12(13)22-18(23)11-7-14(26-3)16(24)17(25)15(11)20/h4-7,21,24-25H,8-9H2,1-3H3. The van der Waals surface area contributed by atoms with E-state index in [0.29, 0.717) is 24.6 Å². The van der Waals surface area contributed by atoms with E-state index in [1.807, 2.05) is 36.7 Å². The van der Waals surface area contributed by atoms with Crippen LogP contribution < -0.4 is 10.1 Å². The molecular formula is C19H20FN3O4. The van der Waals surface area contributed by atoms with E-state index in [1.165, 1.54) is 13.2 Å². The Hall–Kier alpha value is -3.00. The van der Waals surface area contributed by atoms with Crippen LogP contribution in [0.1, 0.15) is 6.92 Å². The molecule has 0 atom stereocenters. The number of anilines is 1. The Labute approximate surface area is 155 Å². The highest BCUT2D eigenvalue weighted by Gasteiger charge is 2.39. The summed E-state index contributed by atoms with van der Waals surface area (Å²) in [5.74, 6) is -2.17. The van der Waals surface area contributed by atoms with Crippen molar-refractivity contribution >= 4 is 16.7 Å². The summed E-state index contributed by atoms with van der Waals surface area (Å²) in [5, 5.41) is 22.9. The van der Waals surface area contributed by atoms with Crippen molar-refractivity contribution in [2.45, 2.75) is 12.5 Å². The Bertz CT molecular complexity index is 1040. The molecule has 0 bridgehead atoms. The van der Waals surface area contributed by atoms with Crippen molar-refractivity contribution < 1.29 is 24.1 Å². The summed E-state index contributed by atoms with van der Waals surface area (Å²) in [6, 6.07) is 7.03. The van der Waals surface area contributed by atoms with Gasteiger partial charge in [0.2, 0.25) is 5.75 Å². The van der Waals surface area contributed by atoms with Gasteiger partial charge < -0.3 is 29.6 Å². The number of aromatic hydroxyl groups is 2. The zero-order chi connectivity index (χ0) is 19.3. The Balaban J connectivity index is 2.05. The number of rotatable bonds is 4. The third-order valence-corrected chi connectivity index (χ3v) is 4.95. The van der Waals surface area contributed by atoms with Gasteiger partial charge in [-0.15, -0.1) is 0 Å². The van der Waals surface area contributed by atoms with Crippen molar-refractivity contribution in [2.75, 3.05) is 32.7 Å². The molecular weight excluding hydrogens is 353 g/mol. The molecule has 3 N–H and O–H groups in total. The molecule has 1 fully saturated rings. The number of hydrogen-bond acceptors (Lipinski definition) is 6. The number of phenolic OH excluding ortho intramolecular Hbond substituents is 2. The Morgan fingerprint density at radius 1 is 1.26 bits per heavy atom. The van der Waals surface area contributed by atoms with Crippen LogP contribution in [0.2, 0.25) is 0 Å². The molecule has 8 heteroatoms. The van der Waals surface area contributed by atoms with Gasteiger partial charge in [0.25, 0.3) is 0 Å². The van der Waals surface area contributed by atoms with Crippen LogP contribution in [0.5, 0.6) is 17.2 Å². The molecule has 1 saturated heterocycles. The summed E-state index contributed by atoms with van der Waals surface area (Å²) < 4.78 is 27.2. The van der Waals surface area contributed by atoms with Crippen molar-refractivity contribution in [3.63, 3.8) is 0 Å². The first-order valence-corrected chi connectivity index (χ1v) is 8.47. The molecule has 1 aliphatic heterocycles. The minimum Gasteiger partial charge on any atom is -0.502 e. The first-order chi connectivity index (χ1) is 12.9. The summed E-state index contributed by atoms with van der Waals surface area (Å²) >= 11 is 0. The molecule has 0 saturated carbocycles. The lowest BCUT2D eigenvalue weighted by Crippen LogP contribution is -2.49. The van der Waals surface area contributed by atoms with E-state index in [9.17, 15) is 14.6 Å². The fourth-order valence-electron chi connectivity index (χ4n) is 3.42. The summed E-state index contributed by atoms with van der Waals surface area (Å²) in [7, 11) is 3.14. The van der Waals surface area contributed by atoms with Crippen molar-refractivity contribution in [3.8, 4) is 28.6 Å². The monoisotopic (exact) mass is 373 g/mol. The highest BCUT2D eigenvalue weighted by Crippen LogP contribution is 2.44. The fourth-order valence-corrected chi connectivity index (χ4v) is 3.42. The predicted octanol–water partition coefficient (Wildman–Crippen LogP) is 3.05. The lowest BCUT2D eigenvalue weighted by Gasteiger charge is -2.40. The van der Waals surface area contributed by atoms with Crippen LogP contribution in [0.3, 0.4) is 0 Å². The molecule has 0 amide bonds. The van der Waals surface area contributed by atoms with Gasteiger partial charge in [0.15, 0.2) is 17.3 Å². The van der Waals surface area contributed by atoms with Gasteiger partial charge in [0.05, 0.1) is 42.5 Å². The third kappa shape index (κ3) is 2.48. The highest BCUT2D eigenvalue weighted by molar-refractivity contribution is 5.85. The second-order valence-corrected chi connectivity index (χ2v) is 6.85. The van der Waals surface area contributed by atoms with Gasteiger partial charge in [-0.3, -0.25) is 0 Å². The van der Waals surface area contributed by atoms with E-state index in [1.54, 1.807) is 0 Å². The molecule has 0 radical (unpaired) electrons. The van der Waals surface area contributed by atoms with Crippen molar-refractivity contribution in [3.05, 3.63) is 30.1 Å². The molecule has 27 heavy (non-hydrogen) atoms. The predicted molar refractivity (Wildman–Crippen MR) is 99.0 cm³/mol. The Kier molecular flexibility index (Phi) is 3.88. The van der Waals surface area contributed by atoms with Crippen LogP contribution in [0, 0.1) is 5.82 Å². The number of aromatic nitrogens is 2. The summed E-state index contributed by atoms with van der Waals surface area (Å²) in [6.45, 7) is 2.92. The molecule has 1 aromatic heterocycles. The molecule has 7 nitrogen and oxygen atoms in total. The molecule has 3 aromatic rings. The number of ether oxygens (including phenoxy) is 2. The third-order valence-electron chi connectivity index (χ3n) is 4.95. The maximum absolute atomic E-state index is 14.9. The van der Waals surface area contributed by atoms with Crippen molar-refractivity contribution in [1.29, 1.82) is 0 Å². The number of fused-ring (bicyclic) bond motifs is 1. The molecule has 0 spiro atoms. The van der Waals surface area contributed by atoms with Crippen molar-refractivity contribution in [1.82, 2.24) is 9.55 Å². The first kappa shape index (κ1) is 17.4. The maximum Gasteiger partial charge on any atom is 0.203 e. The average Bonchev–Trinajstić information content (AvgIpc) is 3.03. The van der Waals surface area contributed by atoms with Gasteiger partial charge >= 0.3 is 0 Å². The normalized spacial score (nSPS) is 15.6. The molecule has 0 aliphatic carbocycles. The van der Waals surface area contributed by atoms with Gasteiger partial charge in [0.1, 0.15) is 5.82 Å². The SMILES string of the molecule is CNc1ccc2c(c1)nc(-c1cc(OC)c(O)c(O)c1F)n2C1(C)COC1. The number of imidazole rings is 1. The topological polar surface area (TPSA) is 88.8 Å². The van der Waals surface area contributed by atoms with Gasteiger partial charge in [0, 0.05) is 12.7 Å². The van der Waals surface area contributed by atoms with Crippen LogP contribution in [0.15, 0.2) is 24.3 Å². The number of benzene rings is 2. The largest absolute Gasteiger partial charge is 0.502 e. The Morgan fingerprint density at radius 3 is 2.59 bits per heavy atom. The van der Waals surface area contributed by atoms with Gasteiger partial charge in [-0.2, -0.15) is 0 Å². The molecule has 2 aromatic carbocycles. The van der Waals surface area contributed by atoms with Gasteiger partial charge in [-0.1, -0.05) is 0 Å². The maximum atomic E-state index is 14.9. The zero-order valence-corrected chi connectivity index (χ0v) is 15.2. The number of methoxy groups -OCH3 is 1. The lowest BCUT2D eigenvalue weighted by molar-refractivity contribution is -0.0868. The molecule has 142 valence electrons. The highest BCUT2D eigenvalue weighted by atomic mass is 19.1. The Morgan fingerprint density at radius 2 is 2.00 bits per heavy atom. The smallest absolute Gasteiger partial charge is 0.203 e. The van der Waals surface area contributed by atoms with Crippen molar-refractivity contribution in [2.24, 2.45) is 0 Å². The van der Waals surface area contributed by atoms with E-state index >= 15 is 0 Å². The quantitative estimate of drug-likeness (QED) is 0.609. The van der Waals surface area contributed by atoms with Crippen LogP contribution in [-0.4, -0.2) is 47.1 Å². The fraction of sp³-hybridized carbons (Fsp3) is 0.316.